The molecule has 94 valence electrons. The lowest BCUT2D eigenvalue weighted by Crippen LogP contribution is -2.23. The fourth-order valence-electron chi connectivity index (χ4n) is 1.23. The molecule has 1 amide bonds. The van der Waals surface area contributed by atoms with E-state index in [2.05, 4.69) is 5.32 Å². The number of ether oxygens (including phenoxy) is 1. The number of rotatable bonds is 7. The van der Waals surface area contributed by atoms with Crippen LogP contribution in [0.3, 0.4) is 0 Å². The monoisotopic (exact) mass is 276 g/mol. The topological polar surface area (TPSA) is 64.4 Å². The van der Waals surface area contributed by atoms with E-state index in [9.17, 15) is 4.79 Å². The van der Waals surface area contributed by atoms with Crippen molar-refractivity contribution < 1.29 is 9.53 Å². The van der Waals surface area contributed by atoms with Gasteiger partial charge in [-0.25, -0.2) is 0 Å². The molecule has 0 aliphatic rings. The average Bonchev–Trinajstić information content (AvgIpc) is 2.28. The summed E-state index contributed by atoms with van der Waals surface area (Å²) < 4.78 is 4.99. The van der Waals surface area contributed by atoms with E-state index in [1.807, 2.05) is 12.1 Å². The zero-order chi connectivity index (χ0) is 12.7. The van der Waals surface area contributed by atoms with Crippen LogP contribution in [0.15, 0.2) is 18.2 Å². The van der Waals surface area contributed by atoms with Gasteiger partial charge in [0.2, 0.25) is 5.91 Å². The molecule has 0 aliphatic carbocycles. The highest BCUT2D eigenvalue weighted by Gasteiger charge is 2.03. The first kappa shape index (κ1) is 14.3. The Labute approximate surface area is 110 Å². The number of nitrogens with two attached hydrogens (primary N) is 1. The Morgan fingerprint density at radius 2 is 2.18 bits per heavy atom. The van der Waals surface area contributed by atoms with Crippen LogP contribution in [0, 0.1) is 0 Å². The molecule has 0 aliphatic heterocycles. The molecule has 1 rings (SSSR count). The first-order valence-corrected chi connectivity index (χ1v) is 5.86. The van der Waals surface area contributed by atoms with E-state index in [0.717, 1.165) is 5.56 Å². The van der Waals surface area contributed by atoms with Crippen LogP contribution >= 0.6 is 23.2 Å². The van der Waals surface area contributed by atoms with Crippen LogP contribution in [0.4, 0.5) is 0 Å². The van der Waals surface area contributed by atoms with Gasteiger partial charge in [-0.2, -0.15) is 0 Å². The van der Waals surface area contributed by atoms with Gasteiger partial charge in [0.1, 0.15) is 6.61 Å². The minimum absolute atomic E-state index is 0.0560. The molecule has 0 spiro atoms. The molecule has 17 heavy (non-hydrogen) atoms. The van der Waals surface area contributed by atoms with Crippen molar-refractivity contribution in [3.63, 3.8) is 0 Å². The number of hydrogen-bond acceptors (Lipinski definition) is 3. The summed E-state index contributed by atoms with van der Waals surface area (Å²) in [7, 11) is 0. The lowest BCUT2D eigenvalue weighted by atomic mass is 10.2. The molecular weight excluding hydrogens is 263 g/mol. The van der Waals surface area contributed by atoms with Crippen molar-refractivity contribution in [1.82, 2.24) is 5.32 Å². The first-order chi connectivity index (χ1) is 8.11. The molecule has 1 aromatic rings. The van der Waals surface area contributed by atoms with E-state index in [-0.39, 0.29) is 6.61 Å². The Balaban J connectivity index is 2.22. The van der Waals surface area contributed by atoms with Crippen molar-refractivity contribution in [2.75, 3.05) is 19.8 Å². The number of carbonyl (C=O) groups excluding carboxylic acids is 1. The van der Waals surface area contributed by atoms with Crippen molar-refractivity contribution in [3.8, 4) is 0 Å². The van der Waals surface area contributed by atoms with Crippen LogP contribution in [-0.4, -0.2) is 25.7 Å². The zero-order valence-corrected chi connectivity index (χ0v) is 10.7. The van der Waals surface area contributed by atoms with E-state index in [4.69, 9.17) is 33.7 Å². The van der Waals surface area contributed by atoms with Crippen LogP contribution in [-0.2, 0) is 16.1 Å². The van der Waals surface area contributed by atoms with E-state index < -0.39 is 5.91 Å². The van der Waals surface area contributed by atoms with E-state index in [0.29, 0.717) is 29.7 Å². The van der Waals surface area contributed by atoms with Gasteiger partial charge in [0.15, 0.2) is 0 Å². The summed E-state index contributed by atoms with van der Waals surface area (Å²) in [6, 6.07) is 5.48. The highest BCUT2D eigenvalue weighted by molar-refractivity contribution is 6.42. The second-order valence-electron chi connectivity index (χ2n) is 3.41. The van der Waals surface area contributed by atoms with Crippen LogP contribution in [0.2, 0.25) is 10.0 Å². The first-order valence-electron chi connectivity index (χ1n) is 5.11. The van der Waals surface area contributed by atoms with Crippen LogP contribution < -0.4 is 11.1 Å². The largest absolute Gasteiger partial charge is 0.370 e. The van der Waals surface area contributed by atoms with Gasteiger partial charge in [0.25, 0.3) is 0 Å². The predicted molar refractivity (Wildman–Crippen MR) is 68.2 cm³/mol. The second-order valence-corrected chi connectivity index (χ2v) is 4.19. The molecule has 0 saturated heterocycles. The molecule has 0 bridgehead atoms. The zero-order valence-electron chi connectivity index (χ0n) is 9.21. The van der Waals surface area contributed by atoms with Gasteiger partial charge in [-0.1, -0.05) is 35.3 Å². The van der Waals surface area contributed by atoms with Crippen molar-refractivity contribution in [1.29, 1.82) is 0 Å². The van der Waals surface area contributed by atoms with Crippen LogP contribution in [0.1, 0.15) is 5.56 Å². The fourth-order valence-corrected chi connectivity index (χ4v) is 1.61. The summed E-state index contributed by atoms with van der Waals surface area (Å²) in [5.74, 6) is -0.470. The van der Waals surface area contributed by atoms with Gasteiger partial charge < -0.3 is 15.8 Å². The van der Waals surface area contributed by atoms with Crippen molar-refractivity contribution in [3.05, 3.63) is 33.8 Å². The van der Waals surface area contributed by atoms with Gasteiger partial charge in [-0.3, -0.25) is 4.79 Å². The summed E-state index contributed by atoms with van der Waals surface area (Å²) in [5.41, 5.74) is 5.84. The molecule has 0 atom stereocenters. The summed E-state index contributed by atoms with van der Waals surface area (Å²) in [6.07, 6.45) is 0. The van der Waals surface area contributed by atoms with Crippen molar-refractivity contribution in [2.45, 2.75) is 6.54 Å². The van der Waals surface area contributed by atoms with E-state index in [1.165, 1.54) is 0 Å². The Morgan fingerprint density at radius 1 is 1.41 bits per heavy atom. The minimum atomic E-state index is -0.470. The third-order valence-corrected chi connectivity index (χ3v) is 2.87. The van der Waals surface area contributed by atoms with Gasteiger partial charge >= 0.3 is 0 Å². The Bertz CT molecular complexity index is 386. The molecule has 0 saturated carbocycles. The summed E-state index contributed by atoms with van der Waals surface area (Å²) in [4.78, 5) is 10.4. The number of nitrogens with one attached hydrogen (secondary N) is 1. The third-order valence-electron chi connectivity index (χ3n) is 2.01. The highest BCUT2D eigenvalue weighted by atomic mass is 35.5. The molecule has 3 N–H and O–H groups in total. The maximum Gasteiger partial charge on any atom is 0.243 e. The maximum absolute atomic E-state index is 10.4. The number of benzene rings is 1. The number of amides is 1. The second kappa shape index (κ2) is 7.50. The fraction of sp³-hybridized carbons (Fsp3) is 0.364. The summed E-state index contributed by atoms with van der Waals surface area (Å²) in [6.45, 7) is 1.57. The Kier molecular flexibility index (Phi) is 6.29. The van der Waals surface area contributed by atoms with Crippen LogP contribution in [0.5, 0.6) is 0 Å². The Morgan fingerprint density at radius 3 is 2.88 bits per heavy atom. The van der Waals surface area contributed by atoms with Gasteiger partial charge in [-0.05, 0) is 11.6 Å². The molecule has 0 fully saturated rings. The number of primary amides is 1. The molecule has 4 nitrogen and oxygen atoms in total. The maximum atomic E-state index is 10.4. The Hall–Kier alpha value is -0.810. The molecular formula is C11H14Cl2N2O2. The lowest BCUT2D eigenvalue weighted by molar-refractivity contribution is -0.122. The molecule has 0 heterocycles. The van der Waals surface area contributed by atoms with Crippen molar-refractivity contribution >= 4 is 29.1 Å². The minimum Gasteiger partial charge on any atom is -0.370 e. The van der Waals surface area contributed by atoms with Crippen LogP contribution in [0.25, 0.3) is 0 Å². The molecule has 0 unspecified atom stereocenters. The predicted octanol–water partition coefficient (Wildman–Crippen LogP) is 1.58. The normalized spacial score (nSPS) is 10.5. The van der Waals surface area contributed by atoms with Gasteiger partial charge in [0.05, 0.1) is 16.7 Å². The average molecular weight is 277 g/mol. The molecule has 0 aromatic heterocycles. The lowest BCUT2D eigenvalue weighted by Gasteiger charge is -2.07. The van der Waals surface area contributed by atoms with E-state index >= 15 is 0 Å². The third kappa shape index (κ3) is 5.37. The smallest absolute Gasteiger partial charge is 0.243 e. The van der Waals surface area contributed by atoms with Gasteiger partial charge in [-0.15, -0.1) is 0 Å². The molecule has 1 aromatic carbocycles. The SMILES string of the molecule is NC(=O)COCCNCc1cccc(Cl)c1Cl. The summed E-state index contributed by atoms with van der Waals surface area (Å²) in [5, 5.41) is 4.22. The summed E-state index contributed by atoms with van der Waals surface area (Å²) >= 11 is 11.9. The number of halogens is 2. The van der Waals surface area contributed by atoms with E-state index in [1.54, 1.807) is 6.07 Å². The number of carbonyl (C=O) groups is 1. The highest BCUT2D eigenvalue weighted by Crippen LogP contribution is 2.25. The molecule has 6 heteroatoms. The van der Waals surface area contributed by atoms with Crippen molar-refractivity contribution in [2.24, 2.45) is 5.73 Å². The standard InChI is InChI=1S/C11H14Cl2N2O2/c12-9-3-1-2-8(11(9)13)6-15-4-5-17-7-10(14)16/h1-3,15H,4-7H2,(H2,14,16). The number of hydrogen-bond donors (Lipinski definition) is 2. The molecule has 0 radical (unpaired) electrons. The quantitative estimate of drug-likeness (QED) is 0.744. The van der Waals surface area contributed by atoms with Gasteiger partial charge in [0, 0.05) is 13.1 Å².